The van der Waals surface area contributed by atoms with E-state index in [1.54, 1.807) is 6.07 Å². The van der Waals surface area contributed by atoms with Crippen LogP contribution < -0.4 is 5.73 Å². The van der Waals surface area contributed by atoms with Gasteiger partial charge in [-0.05, 0) is 42.8 Å². The molecule has 0 spiro atoms. The van der Waals surface area contributed by atoms with Gasteiger partial charge in [-0.2, -0.15) is 0 Å². The Labute approximate surface area is 94.2 Å². The van der Waals surface area contributed by atoms with Crippen molar-refractivity contribution in [2.75, 3.05) is 5.73 Å². The predicted molar refractivity (Wildman–Crippen MR) is 67.0 cm³/mol. The lowest BCUT2D eigenvalue weighted by Gasteiger charge is -2.03. The number of H-pyrrole nitrogens is 1. The van der Waals surface area contributed by atoms with E-state index in [0.29, 0.717) is 5.69 Å². The Morgan fingerprint density at radius 3 is 2.62 bits per heavy atom. The summed E-state index contributed by atoms with van der Waals surface area (Å²) in [5, 5.41) is 9.24. The molecule has 16 heavy (non-hydrogen) atoms. The van der Waals surface area contributed by atoms with Gasteiger partial charge in [-0.3, -0.25) is 0 Å². The van der Waals surface area contributed by atoms with Gasteiger partial charge in [0.2, 0.25) is 0 Å². The molecular formula is C13H14N2O. The zero-order valence-electron chi connectivity index (χ0n) is 9.12. The lowest BCUT2D eigenvalue weighted by molar-refractivity contribution is 0.511. The number of aryl methyl sites for hydroxylation is 1. The molecule has 0 saturated carbocycles. The van der Waals surface area contributed by atoms with E-state index in [2.05, 4.69) is 11.6 Å². The summed E-state index contributed by atoms with van der Waals surface area (Å²) in [6, 6.07) is 9.52. The van der Waals surface area contributed by atoms with Gasteiger partial charge in [-0.25, -0.2) is 0 Å². The molecule has 3 heteroatoms. The maximum absolute atomic E-state index is 9.24. The predicted octanol–water partition coefficient (Wildman–Crippen LogP) is 3.10. The number of aliphatic hydroxyl groups excluding tert-OH is 1. The van der Waals surface area contributed by atoms with Gasteiger partial charge in [0, 0.05) is 16.9 Å². The summed E-state index contributed by atoms with van der Waals surface area (Å²) < 4.78 is 0. The van der Waals surface area contributed by atoms with E-state index in [0.717, 1.165) is 22.5 Å². The maximum atomic E-state index is 9.24. The molecule has 82 valence electrons. The van der Waals surface area contributed by atoms with Crippen LogP contribution in [0.25, 0.3) is 17.0 Å². The molecule has 0 aliphatic rings. The van der Waals surface area contributed by atoms with Crippen LogP contribution in [-0.4, -0.2) is 10.1 Å². The van der Waals surface area contributed by atoms with Crippen molar-refractivity contribution in [3.05, 3.63) is 48.2 Å². The van der Waals surface area contributed by atoms with Gasteiger partial charge in [0.05, 0.1) is 5.69 Å². The summed E-state index contributed by atoms with van der Waals surface area (Å²) in [6.45, 7) is 5.46. The minimum absolute atomic E-state index is 0.0341. The Bertz CT molecular complexity index is 520. The van der Waals surface area contributed by atoms with Gasteiger partial charge in [-0.1, -0.05) is 6.58 Å². The van der Waals surface area contributed by atoms with Crippen molar-refractivity contribution in [3.8, 4) is 11.3 Å². The number of benzene rings is 1. The van der Waals surface area contributed by atoms with E-state index in [9.17, 15) is 5.11 Å². The summed E-state index contributed by atoms with van der Waals surface area (Å²) >= 11 is 0. The summed E-state index contributed by atoms with van der Waals surface area (Å²) in [4.78, 5) is 3.08. The molecule has 2 rings (SSSR count). The van der Waals surface area contributed by atoms with Gasteiger partial charge in [-0.15, -0.1) is 0 Å². The van der Waals surface area contributed by atoms with E-state index in [1.165, 1.54) is 0 Å². The van der Waals surface area contributed by atoms with Gasteiger partial charge in [0.25, 0.3) is 0 Å². The van der Waals surface area contributed by atoms with Crippen molar-refractivity contribution in [1.29, 1.82) is 0 Å². The number of anilines is 1. The molecule has 0 aliphatic heterocycles. The fourth-order valence-corrected chi connectivity index (χ4v) is 1.70. The first-order valence-electron chi connectivity index (χ1n) is 5.01. The van der Waals surface area contributed by atoms with Gasteiger partial charge in [0.1, 0.15) is 5.76 Å². The van der Waals surface area contributed by atoms with Crippen LogP contribution in [0.15, 0.2) is 36.9 Å². The average molecular weight is 214 g/mol. The van der Waals surface area contributed by atoms with Crippen molar-refractivity contribution >= 4 is 11.4 Å². The Balaban J connectivity index is 2.46. The van der Waals surface area contributed by atoms with E-state index < -0.39 is 0 Å². The second kappa shape index (κ2) is 3.77. The first-order chi connectivity index (χ1) is 7.56. The Morgan fingerprint density at radius 1 is 1.31 bits per heavy atom. The molecule has 0 fully saturated rings. The third kappa shape index (κ3) is 1.93. The number of nitrogen functional groups attached to an aromatic ring is 1. The summed E-state index contributed by atoms with van der Waals surface area (Å²) in [7, 11) is 0. The van der Waals surface area contributed by atoms with Gasteiger partial charge in [0.15, 0.2) is 0 Å². The topological polar surface area (TPSA) is 62.0 Å². The molecule has 4 N–H and O–H groups in total. The lowest BCUT2D eigenvalue weighted by atomic mass is 10.1. The quantitative estimate of drug-likeness (QED) is 0.531. The molecule has 1 aromatic heterocycles. The smallest absolute Gasteiger partial charge is 0.131 e. The molecule has 3 nitrogen and oxygen atoms in total. The van der Waals surface area contributed by atoms with Crippen LogP contribution >= 0.6 is 0 Å². The van der Waals surface area contributed by atoms with Gasteiger partial charge >= 0.3 is 0 Å². The highest BCUT2D eigenvalue weighted by Crippen LogP contribution is 2.23. The summed E-state index contributed by atoms with van der Waals surface area (Å²) in [6.07, 6.45) is 0. The molecule has 0 amide bonds. The number of aliphatic hydroxyl groups is 1. The average Bonchev–Trinajstić information content (AvgIpc) is 2.64. The fraction of sp³-hybridized carbons (Fsp3) is 0.0769. The number of hydrogen-bond donors (Lipinski definition) is 3. The van der Waals surface area contributed by atoms with Crippen molar-refractivity contribution < 1.29 is 5.11 Å². The number of rotatable bonds is 2. The van der Waals surface area contributed by atoms with Crippen LogP contribution in [0.3, 0.4) is 0 Å². The zero-order chi connectivity index (χ0) is 11.7. The largest absolute Gasteiger partial charge is 0.506 e. The standard InChI is InChI=1S/C13H14N2O/c1-8-5-10(7-11(14)6-8)13-4-3-12(15-13)9(2)16/h3-7,15-16H,2,14H2,1H3. The first kappa shape index (κ1) is 10.4. The van der Waals surface area contributed by atoms with Crippen molar-refractivity contribution in [1.82, 2.24) is 4.98 Å². The minimum Gasteiger partial charge on any atom is -0.506 e. The molecule has 1 heterocycles. The summed E-state index contributed by atoms with van der Waals surface area (Å²) in [5.41, 5.74) is 10.2. The third-order valence-electron chi connectivity index (χ3n) is 2.41. The molecule has 0 saturated heterocycles. The molecule has 0 aliphatic carbocycles. The SMILES string of the molecule is C=C(O)c1ccc(-c2cc(C)cc(N)c2)[nH]1. The normalized spacial score (nSPS) is 10.3. The Morgan fingerprint density at radius 2 is 2.06 bits per heavy atom. The number of nitrogens with two attached hydrogens (primary N) is 1. The van der Waals surface area contributed by atoms with E-state index in [1.807, 2.05) is 31.2 Å². The summed E-state index contributed by atoms with van der Waals surface area (Å²) in [5.74, 6) is 0.0341. The number of nitrogens with one attached hydrogen (secondary N) is 1. The molecule has 0 bridgehead atoms. The third-order valence-corrected chi connectivity index (χ3v) is 2.41. The number of hydrogen-bond acceptors (Lipinski definition) is 2. The molecule has 1 aromatic carbocycles. The van der Waals surface area contributed by atoms with Crippen molar-refractivity contribution in [3.63, 3.8) is 0 Å². The Kier molecular flexibility index (Phi) is 2.44. The van der Waals surface area contributed by atoms with E-state index in [-0.39, 0.29) is 5.76 Å². The minimum atomic E-state index is 0.0341. The van der Waals surface area contributed by atoms with Crippen molar-refractivity contribution in [2.45, 2.75) is 6.92 Å². The fourth-order valence-electron chi connectivity index (χ4n) is 1.70. The molecule has 0 radical (unpaired) electrons. The monoisotopic (exact) mass is 214 g/mol. The highest BCUT2D eigenvalue weighted by molar-refractivity contribution is 5.68. The number of aromatic nitrogens is 1. The van der Waals surface area contributed by atoms with Crippen LogP contribution in [0, 0.1) is 6.92 Å². The van der Waals surface area contributed by atoms with E-state index in [4.69, 9.17) is 5.73 Å². The number of aromatic amines is 1. The Hall–Kier alpha value is -2.16. The van der Waals surface area contributed by atoms with E-state index >= 15 is 0 Å². The van der Waals surface area contributed by atoms with Crippen molar-refractivity contribution in [2.24, 2.45) is 0 Å². The zero-order valence-corrected chi connectivity index (χ0v) is 9.12. The second-order valence-electron chi connectivity index (χ2n) is 3.86. The molecule has 2 aromatic rings. The maximum Gasteiger partial charge on any atom is 0.131 e. The first-order valence-corrected chi connectivity index (χ1v) is 5.01. The lowest BCUT2D eigenvalue weighted by Crippen LogP contribution is -1.88. The molecule has 0 atom stereocenters. The van der Waals surface area contributed by atoms with Crippen LogP contribution in [0.2, 0.25) is 0 Å². The molecular weight excluding hydrogens is 200 g/mol. The second-order valence-corrected chi connectivity index (χ2v) is 3.86. The van der Waals surface area contributed by atoms with Gasteiger partial charge < -0.3 is 15.8 Å². The van der Waals surface area contributed by atoms with Crippen LogP contribution in [0.5, 0.6) is 0 Å². The highest BCUT2D eigenvalue weighted by Gasteiger charge is 2.04. The van der Waals surface area contributed by atoms with Crippen LogP contribution in [0.4, 0.5) is 5.69 Å². The molecule has 0 unspecified atom stereocenters. The highest BCUT2D eigenvalue weighted by atomic mass is 16.3. The van der Waals surface area contributed by atoms with Crippen LogP contribution in [-0.2, 0) is 0 Å². The van der Waals surface area contributed by atoms with Crippen LogP contribution in [0.1, 0.15) is 11.3 Å².